The van der Waals surface area contributed by atoms with Crippen LogP contribution >= 0.6 is 0 Å². The number of hydrogen-bond acceptors (Lipinski definition) is 4. The summed E-state index contributed by atoms with van der Waals surface area (Å²) in [6.45, 7) is 7.85. The largest absolute Gasteiger partial charge is 0.385 e. The van der Waals surface area contributed by atoms with Gasteiger partial charge in [0.25, 0.3) is 0 Å². The first-order valence-corrected chi connectivity index (χ1v) is 10.7. The minimum absolute atomic E-state index is 0.181. The Kier molecular flexibility index (Phi) is 10.8. The number of nitrogens with zero attached hydrogens (tertiary/aromatic N) is 3. The maximum atomic E-state index is 13.9. The van der Waals surface area contributed by atoms with Crippen LogP contribution in [0.3, 0.4) is 0 Å². The lowest BCUT2D eigenvalue weighted by Crippen LogP contribution is -2.47. The summed E-state index contributed by atoms with van der Waals surface area (Å²) in [6.07, 6.45) is 4.20. The van der Waals surface area contributed by atoms with E-state index in [4.69, 9.17) is 14.5 Å². The van der Waals surface area contributed by atoms with Gasteiger partial charge in [-0.05, 0) is 44.7 Å². The number of para-hydroxylation sites is 1. The highest BCUT2D eigenvalue weighted by molar-refractivity contribution is 5.80. The maximum Gasteiger partial charge on any atom is 0.193 e. The van der Waals surface area contributed by atoms with Gasteiger partial charge in [-0.2, -0.15) is 0 Å². The quantitative estimate of drug-likeness (QED) is 0.346. The normalized spacial score (nSPS) is 15.6. The Balaban J connectivity index is 1.74. The second-order valence-corrected chi connectivity index (χ2v) is 7.37. The van der Waals surface area contributed by atoms with Gasteiger partial charge in [-0.25, -0.2) is 4.39 Å². The monoisotopic (exact) mass is 408 g/mol. The first-order valence-electron chi connectivity index (χ1n) is 10.7. The number of anilines is 1. The van der Waals surface area contributed by atoms with Crippen molar-refractivity contribution in [3.63, 3.8) is 0 Å². The molecular weight excluding hydrogens is 371 g/mol. The fraction of sp³-hybridized carbons (Fsp3) is 0.682. The van der Waals surface area contributed by atoms with E-state index in [1.54, 1.807) is 13.2 Å². The average molecular weight is 409 g/mol. The van der Waals surface area contributed by atoms with Crippen LogP contribution in [-0.2, 0) is 9.47 Å². The number of piperidine rings is 1. The van der Waals surface area contributed by atoms with Crippen molar-refractivity contribution in [3.8, 4) is 0 Å². The molecule has 0 aromatic heterocycles. The van der Waals surface area contributed by atoms with Crippen molar-refractivity contribution in [1.29, 1.82) is 0 Å². The molecule has 0 bridgehead atoms. The molecule has 0 aliphatic carbocycles. The Morgan fingerprint density at radius 3 is 2.69 bits per heavy atom. The Morgan fingerprint density at radius 2 is 2.00 bits per heavy atom. The summed E-state index contributed by atoms with van der Waals surface area (Å²) in [6, 6.07) is 6.89. The van der Waals surface area contributed by atoms with E-state index in [0.717, 1.165) is 71.0 Å². The predicted octanol–water partition coefficient (Wildman–Crippen LogP) is 3.14. The lowest BCUT2D eigenvalue weighted by Gasteiger charge is -2.34. The van der Waals surface area contributed by atoms with Gasteiger partial charge < -0.3 is 24.6 Å². The van der Waals surface area contributed by atoms with E-state index in [0.29, 0.717) is 18.3 Å². The van der Waals surface area contributed by atoms with Gasteiger partial charge in [0.2, 0.25) is 0 Å². The molecule has 7 heteroatoms. The Hall–Kier alpha value is -1.86. The molecule has 6 nitrogen and oxygen atoms in total. The summed E-state index contributed by atoms with van der Waals surface area (Å²) >= 11 is 0. The zero-order chi connectivity index (χ0) is 20.9. The third kappa shape index (κ3) is 8.19. The van der Waals surface area contributed by atoms with Gasteiger partial charge in [0.05, 0.1) is 11.8 Å². The average Bonchev–Trinajstić information content (AvgIpc) is 2.74. The molecule has 0 amide bonds. The molecule has 0 spiro atoms. The number of ether oxygens (including phenoxy) is 2. The SMILES string of the molecule is CCNC(=NCCCN(C)c1ccccc1F)N1CCC(OCCCOC)CC1. The molecule has 164 valence electrons. The van der Waals surface area contributed by atoms with Gasteiger partial charge in [-0.15, -0.1) is 0 Å². The van der Waals surface area contributed by atoms with E-state index in [-0.39, 0.29) is 5.82 Å². The molecule has 1 aliphatic heterocycles. The molecule has 29 heavy (non-hydrogen) atoms. The first kappa shape index (κ1) is 23.4. The number of halogens is 1. The highest BCUT2D eigenvalue weighted by Crippen LogP contribution is 2.17. The smallest absolute Gasteiger partial charge is 0.193 e. The number of aliphatic imine (C=N–C) groups is 1. The minimum Gasteiger partial charge on any atom is -0.385 e. The Bertz CT molecular complexity index is 606. The highest BCUT2D eigenvalue weighted by atomic mass is 19.1. The van der Waals surface area contributed by atoms with Gasteiger partial charge in [0, 0.05) is 60.1 Å². The van der Waals surface area contributed by atoms with Crippen molar-refractivity contribution in [2.75, 3.05) is 65.0 Å². The van der Waals surface area contributed by atoms with E-state index < -0.39 is 0 Å². The number of likely N-dealkylation sites (tertiary alicyclic amines) is 1. The number of benzene rings is 1. The molecule has 1 saturated heterocycles. The van der Waals surface area contributed by atoms with Crippen LogP contribution in [-0.4, -0.2) is 77.1 Å². The van der Waals surface area contributed by atoms with Crippen LogP contribution in [0.5, 0.6) is 0 Å². The number of nitrogens with one attached hydrogen (secondary N) is 1. The predicted molar refractivity (Wildman–Crippen MR) is 117 cm³/mol. The Labute approximate surface area is 175 Å². The van der Waals surface area contributed by atoms with Crippen molar-refractivity contribution >= 4 is 11.6 Å². The maximum absolute atomic E-state index is 13.9. The number of guanidine groups is 1. The minimum atomic E-state index is -0.181. The molecule has 1 aromatic carbocycles. The second-order valence-electron chi connectivity index (χ2n) is 7.37. The molecule has 0 radical (unpaired) electrons. The van der Waals surface area contributed by atoms with Gasteiger partial charge in [0.15, 0.2) is 5.96 Å². The molecule has 0 saturated carbocycles. The number of rotatable bonds is 11. The van der Waals surface area contributed by atoms with E-state index in [1.165, 1.54) is 6.07 Å². The van der Waals surface area contributed by atoms with E-state index in [1.807, 2.05) is 24.1 Å². The summed E-state index contributed by atoms with van der Waals surface area (Å²) in [5.41, 5.74) is 0.635. The summed E-state index contributed by atoms with van der Waals surface area (Å²) in [4.78, 5) is 9.06. The molecule has 1 N–H and O–H groups in total. The van der Waals surface area contributed by atoms with Crippen LogP contribution < -0.4 is 10.2 Å². The first-order chi connectivity index (χ1) is 14.2. The fourth-order valence-corrected chi connectivity index (χ4v) is 3.49. The molecule has 1 heterocycles. The standard InChI is InChI=1S/C22H37FN4O2/c1-4-24-22(27-15-11-19(12-16-27)29-18-8-17-28-3)25-13-7-14-26(2)21-10-6-5-9-20(21)23/h5-6,9-10,19H,4,7-8,11-18H2,1-3H3,(H,24,25). The van der Waals surface area contributed by atoms with E-state index >= 15 is 0 Å². The lowest BCUT2D eigenvalue weighted by molar-refractivity contribution is 0.00990. The van der Waals surface area contributed by atoms with Crippen molar-refractivity contribution in [2.24, 2.45) is 4.99 Å². The summed E-state index contributed by atoms with van der Waals surface area (Å²) in [5, 5.41) is 3.40. The number of hydrogen-bond donors (Lipinski definition) is 1. The topological polar surface area (TPSA) is 49.3 Å². The van der Waals surface area contributed by atoms with Gasteiger partial charge in [0.1, 0.15) is 5.82 Å². The van der Waals surface area contributed by atoms with Crippen LogP contribution in [0.1, 0.15) is 32.6 Å². The summed E-state index contributed by atoms with van der Waals surface area (Å²) in [5.74, 6) is 0.790. The molecule has 0 unspecified atom stereocenters. The molecule has 0 atom stereocenters. The van der Waals surface area contributed by atoms with Gasteiger partial charge in [-0.1, -0.05) is 12.1 Å². The van der Waals surface area contributed by atoms with Gasteiger partial charge >= 0.3 is 0 Å². The Morgan fingerprint density at radius 1 is 1.24 bits per heavy atom. The third-order valence-electron chi connectivity index (χ3n) is 5.10. The van der Waals surface area contributed by atoms with Crippen molar-refractivity contribution in [2.45, 2.75) is 38.7 Å². The lowest BCUT2D eigenvalue weighted by atomic mass is 10.1. The van der Waals surface area contributed by atoms with Gasteiger partial charge in [-0.3, -0.25) is 4.99 Å². The molecule has 1 fully saturated rings. The van der Waals surface area contributed by atoms with Crippen LogP contribution in [0.2, 0.25) is 0 Å². The molecular formula is C22H37FN4O2. The van der Waals surface area contributed by atoms with E-state index in [9.17, 15) is 4.39 Å². The van der Waals surface area contributed by atoms with Crippen LogP contribution in [0, 0.1) is 5.82 Å². The van der Waals surface area contributed by atoms with Crippen molar-refractivity contribution < 1.29 is 13.9 Å². The third-order valence-corrected chi connectivity index (χ3v) is 5.10. The van der Waals surface area contributed by atoms with Crippen molar-refractivity contribution in [3.05, 3.63) is 30.1 Å². The zero-order valence-corrected chi connectivity index (χ0v) is 18.2. The second kappa shape index (κ2) is 13.4. The summed E-state index contributed by atoms with van der Waals surface area (Å²) in [7, 11) is 3.64. The molecule has 1 aliphatic rings. The van der Waals surface area contributed by atoms with Crippen LogP contribution in [0.25, 0.3) is 0 Å². The molecule has 2 rings (SSSR count). The summed E-state index contributed by atoms with van der Waals surface area (Å²) < 4.78 is 24.9. The van der Waals surface area contributed by atoms with Crippen molar-refractivity contribution in [1.82, 2.24) is 10.2 Å². The van der Waals surface area contributed by atoms with Crippen LogP contribution in [0.4, 0.5) is 10.1 Å². The molecule has 1 aromatic rings. The number of methoxy groups -OCH3 is 1. The highest BCUT2D eigenvalue weighted by Gasteiger charge is 2.21. The van der Waals surface area contributed by atoms with Crippen LogP contribution in [0.15, 0.2) is 29.3 Å². The fourth-order valence-electron chi connectivity index (χ4n) is 3.49. The van der Waals surface area contributed by atoms with E-state index in [2.05, 4.69) is 17.1 Å². The zero-order valence-electron chi connectivity index (χ0n) is 18.2.